The van der Waals surface area contributed by atoms with Crippen LogP contribution >= 0.6 is 0 Å². The minimum absolute atomic E-state index is 0.106. The second-order valence-electron chi connectivity index (χ2n) is 4.70. The van der Waals surface area contributed by atoms with Crippen molar-refractivity contribution in [2.45, 2.75) is 6.18 Å². The van der Waals surface area contributed by atoms with E-state index in [2.05, 4.69) is 5.32 Å². The molecule has 24 heavy (non-hydrogen) atoms. The predicted molar refractivity (Wildman–Crippen MR) is 79.0 cm³/mol. The van der Waals surface area contributed by atoms with Crippen LogP contribution < -0.4 is 10.1 Å². The predicted octanol–water partition coefficient (Wildman–Crippen LogP) is 3.42. The molecule has 0 heterocycles. The van der Waals surface area contributed by atoms with Crippen LogP contribution in [0.2, 0.25) is 0 Å². The molecule has 2 N–H and O–H groups in total. The summed E-state index contributed by atoms with van der Waals surface area (Å²) < 4.78 is 43.6. The van der Waals surface area contributed by atoms with Crippen LogP contribution in [0, 0.1) is 0 Å². The maximum absolute atomic E-state index is 12.9. The molecule has 0 aliphatic rings. The number of nitrogens with one attached hydrogen (secondary N) is 1. The van der Waals surface area contributed by atoms with Crippen LogP contribution in [0.1, 0.15) is 15.9 Å². The summed E-state index contributed by atoms with van der Waals surface area (Å²) in [6.07, 6.45) is -4.58. The van der Waals surface area contributed by atoms with Gasteiger partial charge in [0.25, 0.3) is 5.91 Å². The van der Waals surface area contributed by atoms with Gasteiger partial charge in [-0.2, -0.15) is 13.2 Å². The second-order valence-corrected chi connectivity index (χ2v) is 4.70. The highest BCUT2D eigenvalue weighted by Gasteiger charge is 2.33. The van der Waals surface area contributed by atoms with Gasteiger partial charge in [0.05, 0.1) is 11.3 Å². The van der Waals surface area contributed by atoms with Gasteiger partial charge in [-0.15, -0.1) is 0 Å². The molecule has 0 radical (unpaired) electrons. The van der Waals surface area contributed by atoms with Gasteiger partial charge in [0.1, 0.15) is 5.75 Å². The Morgan fingerprint density at radius 1 is 1.04 bits per heavy atom. The average molecular weight is 339 g/mol. The molecule has 1 amide bonds. The number of carbonyl (C=O) groups excluding carboxylic acids is 1. The number of aliphatic carboxylic acids is 1. The lowest BCUT2D eigenvalue weighted by Crippen LogP contribution is -2.16. The van der Waals surface area contributed by atoms with E-state index >= 15 is 0 Å². The maximum Gasteiger partial charge on any atom is 0.418 e. The van der Waals surface area contributed by atoms with E-state index in [-0.39, 0.29) is 17.0 Å². The minimum Gasteiger partial charge on any atom is -0.482 e. The lowest BCUT2D eigenvalue weighted by molar-refractivity contribution is -0.139. The summed E-state index contributed by atoms with van der Waals surface area (Å²) in [6.45, 7) is -0.537. The molecule has 5 nitrogen and oxygen atoms in total. The number of hydrogen-bond acceptors (Lipinski definition) is 3. The van der Waals surface area contributed by atoms with Gasteiger partial charge < -0.3 is 15.2 Å². The van der Waals surface area contributed by atoms with Gasteiger partial charge in [0.2, 0.25) is 0 Å². The molecule has 0 aliphatic heterocycles. The third-order valence-electron chi connectivity index (χ3n) is 2.96. The first-order chi connectivity index (χ1) is 11.3. The van der Waals surface area contributed by atoms with Crippen molar-refractivity contribution in [1.82, 2.24) is 0 Å². The third-order valence-corrected chi connectivity index (χ3v) is 2.96. The number of halogens is 3. The van der Waals surface area contributed by atoms with Gasteiger partial charge in [-0.05, 0) is 36.4 Å². The highest BCUT2D eigenvalue weighted by Crippen LogP contribution is 2.34. The third kappa shape index (κ3) is 4.48. The van der Waals surface area contributed by atoms with E-state index < -0.39 is 30.2 Å². The van der Waals surface area contributed by atoms with E-state index in [4.69, 9.17) is 9.84 Å². The fourth-order valence-corrected chi connectivity index (χ4v) is 1.88. The quantitative estimate of drug-likeness (QED) is 0.875. The molecule has 0 aliphatic carbocycles. The number of ether oxygens (including phenoxy) is 1. The first kappa shape index (κ1) is 17.3. The maximum atomic E-state index is 12.9. The molecule has 0 bridgehead atoms. The molecule has 0 saturated carbocycles. The van der Waals surface area contributed by atoms with Crippen molar-refractivity contribution >= 4 is 17.6 Å². The topological polar surface area (TPSA) is 75.6 Å². The number of carboxylic acids is 1. The fraction of sp³-hybridized carbons (Fsp3) is 0.125. The Kier molecular flexibility index (Phi) is 5.08. The number of alkyl halides is 3. The Bertz CT molecular complexity index is 742. The van der Waals surface area contributed by atoms with Gasteiger partial charge in [0, 0.05) is 5.56 Å². The first-order valence-electron chi connectivity index (χ1n) is 6.69. The van der Waals surface area contributed by atoms with Gasteiger partial charge in [-0.3, -0.25) is 4.79 Å². The Morgan fingerprint density at radius 3 is 2.25 bits per heavy atom. The molecule has 0 spiro atoms. The summed E-state index contributed by atoms with van der Waals surface area (Å²) in [5, 5.41) is 10.7. The number of carbonyl (C=O) groups is 2. The number of amides is 1. The summed E-state index contributed by atoms with van der Waals surface area (Å²) >= 11 is 0. The number of rotatable bonds is 5. The molecule has 8 heteroatoms. The summed E-state index contributed by atoms with van der Waals surface area (Å²) in [5.74, 6) is -1.65. The molecule has 2 aromatic rings. The highest BCUT2D eigenvalue weighted by molar-refractivity contribution is 6.04. The number of anilines is 1. The molecular weight excluding hydrogens is 327 g/mol. The zero-order chi connectivity index (χ0) is 17.7. The van der Waals surface area contributed by atoms with E-state index in [0.717, 1.165) is 12.1 Å². The van der Waals surface area contributed by atoms with Crippen molar-refractivity contribution in [3.05, 3.63) is 59.7 Å². The lowest BCUT2D eigenvalue weighted by Gasteiger charge is -2.13. The summed E-state index contributed by atoms with van der Waals surface area (Å²) in [6, 6.07) is 10.00. The van der Waals surface area contributed by atoms with Gasteiger partial charge >= 0.3 is 12.1 Å². The van der Waals surface area contributed by atoms with Crippen LogP contribution in [0.5, 0.6) is 5.75 Å². The Hall–Kier alpha value is -3.03. The van der Waals surface area contributed by atoms with E-state index in [9.17, 15) is 22.8 Å². The Labute approximate surface area is 134 Å². The normalized spacial score (nSPS) is 11.0. The second kappa shape index (κ2) is 7.03. The Morgan fingerprint density at radius 2 is 1.67 bits per heavy atom. The standard InChI is InChI=1S/C16H12F3NO4/c17-16(18,19)12-3-1-2-4-13(12)20-15(23)10-5-7-11(8-6-10)24-9-14(21)22/h1-8H,9H2,(H,20,23)(H,21,22). The smallest absolute Gasteiger partial charge is 0.418 e. The van der Waals surface area contributed by atoms with E-state index in [1.165, 1.54) is 36.4 Å². The molecule has 0 fully saturated rings. The number of benzene rings is 2. The van der Waals surface area contributed by atoms with E-state index in [0.29, 0.717) is 0 Å². The zero-order valence-corrected chi connectivity index (χ0v) is 12.1. The van der Waals surface area contributed by atoms with E-state index in [1.807, 2.05) is 0 Å². The van der Waals surface area contributed by atoms with Gasteiger partial charge in [-0.25, -0.2) is 4.79 Å². The molecule has 126 valence electrons. The van der Waals surface area contributed by atoms with E-state index in [1.54, 1.807) is 0 Å². The molecule has 0 aromatic heterocycles. The minimum atomic E-state index is -4.58. The molecule has 2 rings (SSSR count). The molecular formula is C16H12F3NO4. The monoisotopic (exact) mass is 339 g/mol. The highest BCUT2D eigenvalue weighted by atomic mass is 19.4. The summed E-state index contributed by atoms with van der Waals surface area (Å²) in [7, 11) is 0. The number of hydrogen-bond donors (Lipinski definition) is 2. The van der Waals surface area contributed by atoms with Crippen LogP contribution in [-0.4, -0.2) is 23.6 Å². The van der Waals surface area contributed by atoms with Crippen LogP contribution in [-0.2, 0) is 11.0 Å². The summed E-state index contributed by atoms with van der Waals surface area (Å²) in [4.78, 5) is 22.4. The van der Waals surface area contributed by atoms with Crippen LogP contribution in [0.3, 0.4) is 0 Å². The van der Waals surface area contributed by atoms with Gasteiger partial charge in [-0.1, -0.05) is 12.1 Å². The van der Waals surface area contributed by atoms with Crippen molar-refractivity contribution in [2.75, 3.05) is 11.9 Å². The van der Waals surface area contributed by atoms with Crippen molar-refractivity contribution in [3.63, 3.8) is 0 Å². The largest absolute Gasteiger partial charge is 0.482 e. The number of carboxylic acid groups (broad SMARTS) is 1. The van der Waals surface area contributed by atoms with Crippen molar-refractivity contribution < 1.29 is 32.6 Å². The van der Waals surface area contributed by atoms with Crippen LogP contribution in [0.15, 0.2) is 48.5 Å². The van der Waals surface area contributed by atoms with Crippen molar-refractivity contribution in [2.24, 2.45) is 0 Å². The van der Waals surface area contributed by atoms with Crippen LogP contribution in [0.25, 0.3) is 0 Å². The molecule has 0 unspecified atom stereocenters. The average Bonchev–Trinajstić information content (AvgIpc) is 2.53. The van der Waals surface area contributed by atoms with Crippen molar-refractivity contribution in [1.29, 1.82) is 0 Å². The van der Waals surface area contributed by atoms with Crippen LogP contribution in [0.4, 0.5) is 18.9 Å². The number of para-hydroxylation sites is 1. The lowest BCUT2D eigenvalue weighted by atomic mass is 10.1. The SMILES string of the molecule is O=C(O)COc1ccc(C(=O)Nc2ccccc2C(F)(F)F)cc1. The molecule has 0 saturated heterocycles. The molecule has 2 aromatic carbocycles. The van der Waals surface area contributed by atoms with Gasteiger partial charge in [0.15, 0.2) is 6.61 Å². The first-order valence-corrected chi connectivity index (χ1v) is 6.69. The zero-order valence-electron chi connectivity index (χ0n) is 12.1. The molecule has 0 atom stereocenters. The fourth-order valence-electron chi connectivity index (χ4n) is 1.88. The summed E-state index contributed by atoms with van der Waals surface area (Å²) in [5.41, 5.74) is -1.18. The van der Waals surface area contributed by atoms with Crippen molar-refractivity contribution in [3.8, 4) is 5.75 Å². The Balaban J connectivity index is 2.12.